The van der Waals surface area contributed by atoms with Crippen LogP contribution in [0.4, 0.5) is 11.4 Å². The van der Waals surface area contributed by atoms with Gasteiger partial charge >= 0.3 is 0 Å². The Kier molecular flexibility index (Phi) is 4.99. The zero-order valence-corrected chi connectivity index (χ0v) is 22.2. The van der Waals surface area contributed by atoms with E-state index in [1.807, 2.05) is 6.07 Å². The first-order valence-corrected chi connectivity index (χ1v) is 13.8. The smallest absolute Gasteiger partial charge is 0.143 e. The number of fused-ring (bicyclic) bond motifs is 7. The molecule has 1 aromatic heterocycles. The summed E-state index contributed by atoms with van der Waals surface area (Å²) in [5.74, 6) is 0. The standard InChI is InChI=1S/C38H27NO/c1-39(28-17-9-4-10-18-28)29-21-23-33-32(25-29)36-34(24-22-31-30-19-11-12-20-35(30)40-37(31)36)38(33,26-13-5-2-6-14-26)27-15-7-3-8-16-27/h2-25H,1H3. The van der Waals surface area contributed by atoms with Crippen molar-refractivity contribution in [2.75, 3.05) is 11.9 Å². The quantitative estimate of drug-likeness (QED) is 0.233. The second-order valence-corrected chi connectivity index (χ2v) is 10.6. The number of hydrogen-bond donors (Lipinski definition) is 0. The SMILES string of the molecule is CN(c1ccccc1)c1ccc2c(c1)-c1c(ccc3c1oc1ccccc13)C2(c1ccccc1)c1ccccc1. The highest BCUT2D eigenvalue weighted by Crippen LogP contribution is 2.59. The first kappa shape index (κ1) is 22.9. The Morgan fingerprint density at radius 3 is 1.82 bits per heavy atom. The normalized spacial score (nSPS) is 13.3. The van der Waals surface area contributed by atoms with E-state index in [1.165, 1.54) is 33.4 Å². The van der Waals surface area contributed by atoms with Gasteiger partial charge in [-0.1, -0.05) is 115 Å². The van der Waals surface area contributed by atoms with Crippen molar-refractivity contribution < 1.29 is 4.42 Å². The van der Waals surface area contributed by atoms with E-state index in [1.54, 1.807) is 0 Å². The molecule has 0 amide bonds. The predicted octanol–water partition coefficient (Wildman–Crippen LogP) is 9.72. The fourth-order valence-corrected chi connectivity index (χ4v) is 6.75. The van der Waals surface area contributed by atoms with Gasteiger partial charge in [0.2, 0.25) is 0 Å². The molecule has 40 heavy (non-hydrogen) atoms. The molecule has 0 bridgehead atoms. The van der Waals surface area contributed by atoms with Gasteiger partial charge in [-0.25, -0.2) is 0 Å². The summed E-state index contributed by atoms with van der Waals surface area (Å²) in [7, 11) is 2.14. The van der Waals surface area contributed by atoms with E-state index in [4.69, 9.17) is 4.42 Å². The summed E-state index contributed by atoms with van der Waals surface area (Å²) < 4.78 is 6.69. The van der Waals surface area contributed by atoms with Crippen LogP contribution in [-0.2, 0) is 5.41 Å². The lowest BCUT2D eigenvalue weighted by atomic mass is 9.67. The average molecular weight is 514 g/mol. The molecule has 1 aliphatic carbocycles. The summed E-state index contributed by atoms with van der Waals surface area (Å²) in [6.07, 6.45) is 0. The van der Waals surface area contributed by atoms with Crippen LogP contribution in [0.2, 0.25) is 0 Å². The van der Waals surface area contributed by atoms with Crippen LogP contribution in [0.15, 0.2) is 150 Å². The Morgan fingerprint density at radius 1 is 0.525 bits per heavy atom. The molecule has 8 rings (SSSR count). The van der Waals surface area contributed by atoms with Gasteiger partial charge in [-0.05, 0) is 58.1 Å². The Labute approximate surface area is 233 Å². The summed E-state index contributed by atoms with van der Waals surface area (Å²) in [6, 6.07) is 52.2. The molecule has 0 atom stereocenters. The van der Waals surface area contributed by atoms with Gasteiger partial charge in [0.25, 0.3) is 0 Å². The topological polar surface area (TPSA) is 16.4 Å². The van der Waals surface area contributed by atoms with Crippen molar-refractivity contribution in [3.05, 3.63) is 168 Å². The second kappa shape index (κ2) is 8.72. The molecular weight excluding hydrogens is 486 g/mol. The van der Waals surface area contributed by atoms with Crippen molar-refractivity contribution in [2.45, 2.75) is 5.41 Å². The maximum absolute atomic E-state index is 6.69. The van der Waals surface area contributed by atoms with Gasteiger partial charge in [-0.3, -0.25) is 0 Å². The Bertz CT molecular complexity index is 1970. The lowest BCUT2D eigenvalue weighted by Gasteiger charge is -2.34. The van der Waals surface area contributed by atoms with Gasteiger partial charge in [0.1, 0.15) is 11.2 Å². The highest BCUT2D eigenvalue weighted by molar-refractivity contribution is 6.12. The Hall–Kier alpha value is -5.08. The van der Waals surface area contributed by atoms with Crippen LogP contribution >= 0.6 is 0 Å². The van der Waals surface area contributed by atoms with Gasteiger partial charge in [0, 0.05) is 34.8 Å². The zero-order valence-electron chi connectivity index (χ0n) is 22.2. The fraction of sp³-hybridized carbons (Fsp3) is 0.0526. The van der Waals surface area contributed by atoms with E-state index in [-0.39, 0.29) is 0 Å². The molecule has 1 aliphatic rings. The monoisotopic (exact) mass is 513 g/mol. The molecule has 2 nitrogen and oxygen atoms in total. The molecule has 0 spiro atoms. The highest BCUT2D eigenvalue weighted by Gasteiger charge is 2.47. The molecule has 6 aromatic carbocycles. The number of anilines is 2. The number of para-hydroxylation sites is 2. The summed E-state index contributed by atoms with van der Waals surface area (Å²) >= 11 is 0. The van der Waals surface area contributed by atoms with E-state index < -0.39 is 5.41 Å². The van der Waals surface area contributed by atoms with Crippen LogP contribution in [0.5, 0.6) is 0 Å². The molecule has 7 aromatic rings. The first-order chi connectivity index (χ1) is 19.8. The minimum Gasteiger partial charge on any atom is -0.455 e. The molecule has 0 radical (unpaired) electrons. The van der Waals surface area contributed by atoms with E-state index >= 15 is 0 Å². The van der Waals surface area contributed by atoms with Gasteiger partial charge in [-0.2, -0.15) is 0 Å². The van der Waals surface area contributed by atoms with Gasteiger partial charge in [0.05, 0.1) is 5.41 Å². The predicted molar refractivity (Wildman–Crippen MR) is 166 cm³/mol. The zero-order chi connectivity index (χ0) is 26.7. The Balaban J connectivity index is 1.51. The van der Waals surface area contributed by atoms with Crippen LogP contribution in [0.1, 0.15) is 22.3 Å². The van der Waals surface area contributed by atoms with Crippen LogP contribution < -0.4 is 4.90 Å². The van der Waals surface area contributed by atoms with Crippen LogP contribution in [-0.4, -0.2) is 7.05 Å². The molecule has 0 unspecified atom stereocenters. The van der Waals surface area contributed by atoms with Crippen molar-refractivity contribution in [2.24, 2.45) is 0 Å². The summed E-state index contributed by atoms with van der Waals surface area (Å²) in [6.45, 7) is 0. The molecule has 0 aliphatic heterocycles. The van der Waals surface area contributed by atoms with E-state index in [0.717, 1.165) is 33.3 Å². The summed E-state index contributed by atoms with van der Waals surface area (Å²) in [4.78, 5) is 2.25. The van der Waals surface area contributed by atoms with E-state index in [0.29, 0.717) is 0 Å². The van der Waals surface area contributed by atoms with Crippen molar-refractivity contribution in [3.63, 3.8) is 0 Å². The second-order valence-electron chi connectivity index (χ2n) is 10.6. The molecule has 0 N–H and O–H groups in total. The molecule has 190 valence electrons. The number of benzene rings is 6. The van der Waals surface area contributed by atoms with Crippen LogP contribution in [0, 0.1) is 0 Å². The molecule has 1 heterocycles. The van der Waals surface area contributed by atoms with E-state index in [9.17, 15) is 0 Å². The molecular formula is C38H27NO. The fourth-order valence-electron chi connectivity index (χ4n) is 6.75. The lowest BCUT2D eigenvalue weighted by Crippen LogP contribution is -2.28. The van der Waals surface area contributed by atoms with Gasteiger partial charge in [0.15, 0.2) is 0 Å². The molecule has 2 heteroatoms. The first-order valence-electron chi connectivity index (χ1n) is 13.8. The third kappa shape index (κ3) is 3.11. The highest BCUT2D eigenvalue weighted by atomic mass is 16.3. The summed E-state index contributed by atoms with van der Waals surface area (Å²) in [5.41, 5.74) is 11.1. The average Bonchev–Trinajstić information content (AvgIpc) is 3.55. The number of nitrogens with zero attached hydrogens (tertiary/aromatic N) is 1. The molecule has 0 saturated heterocycles. The van der Waals surface area contributed by atoms with Gasteiger partial charge < -0.3 is 9.32 Å². The minimum atomic E-state index is -0.468. The van der Waals surface area contributed by atoms with E-state index in [2.05, 4.69) is 151 Å². The third-order valence-corrected chi connectivity index (χ3v) is 8.57. The van der Waals surface area contributed by atoms with Crippen molar-refractivity contribution >= 4 is 33.3 Å². The van der Waals surface area contributed by atoms with Crippen molar-refractivity contribution in [1.82, 2.24) is 0 Å². The Morgan fingerprint density at radius 2 is 1.12 bits per heavy atom. The van der Waals surface area contributed by atoms with Crippen molar-refractivity contribution in [3.8, 4) is 11.1 Å². The molecule has 0 fully saturated rings. The maximum atomic E-state index is 6.69. The third-order valence-electron chi connectivity index (χ3n) is 8.57. The molecule has 0 saturated carbocycles. The summed E-state index contributed by atoms with van der Waals surface area (Å²) in [5, 5.41) is 2.30. The number of furan rings is 1. The maximum Gasteiger partial charge on any atom is 0.143 e. The van der Waals surface area contributed by atoms with Crippen LogP contribution in [0.25, 0.3) is 33.1 Å². The minimum absolute atomic E-state index is 0.468. The number of hydrogen-bond acceptors (Lipinski definition) is 2. The van der Waals surface area contributed by atoms with Crippen molar-refractivity contribution in [1.29, 1.82) is 0 Å². The van der Waals surface area contributed by atoms with Gasteiger partial charge in [-0.15, -0.1) is 0 Å². The van der Waals surface area contributed by atoms with Crippen LogP contribution in [0.3, 0.4) is 0 Å². The lowest BCUT2D eigenvalue weighted by molar-refractivity contribution is 0.669. The number of rotatable bonds is 4. The largest absolute Gasteiger partial charge is 0.455 e.